The van der Waals surface area contributed by atoms with Crippen LogP contribution in [0.5, 0.6) is 0 Å². The SMILES string of the molecule is CC(C)c1cccc(C(C)C)c1[N]([GeH][Cl])C1=C(P2N(C(C)C)CCN2C(C)C)C2CCC1C2. The van der Waals surface area contributed by atoms with Crippen molar-refractivity contribution in [3.63, 3.8) is 0 Å². The van der Waals surface area contributed by atoms with E-state index in [0.717, 1.165) is 5.92 Å². The number of fused-ring (bicyclic) bond motifs is 2. The molecule has 0 N–H and O–H groups in total. The van der Waals surface area contributed by atoms with Crippen LogP contribution < -0.4 is 3.86 Å². The van der Waals surface area contributed by atoms with Gasteiger partial charge in [-0.1, -0.05) is 0 Å². The van der Waals surface area contributed by atoms with Crippen LogP contribution in [-0.2, 0) is 0 Å². The zero-order chi connectivity index (χ0) is 24.0. The van der Waals surface area contributed by atoms with E-state index in [0.29, 0.717) is 29.8 Å². The normalized spacial score (nSPS) is 24.6. The molecule has 2 bridgehead atoms. The molecule has 4 rings (SSSR count). The van der Waals surface area contributed by atoms with Crippen LogP contribution in [0.2, 0.25) is 0 Å². The van der Waals surface area contributed by atoms with E-state index in [2.05, 4.69) is 86.8 Å². The van der Waals surface area contributed by atoms with Gasteiger partial charge in [0.2, 0.25) is 0 Å². The Kier molecular flexibility index (Phi) is 8.29. The molecule has 2 atom stereocenters. The Hall–Kier alpha value is -0.0571. The summed E-state index contributed by atoms with van der Waals surface area (Å²) in [7, 11) is 6.66. The van der Waals surface area contributed by atoms with Crippen LogP contribution in [0.4, 0.5) is 5.69 Å². The molecule has 1 radical (unpaired) electrons. The molecule has 1 aromatic carbocycles. The monoisotopic (exact) mass is 550 g/mol. The molecule has 0 aromatic heterocycles. The van der Waals surface area contributed by atoms with Crippen molar-refractivity contribution in [1.29, 1.82) is 0 Å². The molecule has 1 aromatic rings. The van der Waals surface area contributed by atoms with Crippen molar-refractivity contribution < 1.29 is 0 Å². The number of anilines is 1. The average Bonchev–Trinajstić information content (AvgIpc) is 3.48. The molecule has 6 heteroatoms. The number of halogens is 1. The zero-order valence-corrected chi connectivity index (χ0v) is 26.0. The Bertz CT molecular complexity index is 842. The molecule has 0 amide bonds. The van der Waals surface area contributed by atoms with Crippen LogP contribution in [0.3, 0.4) is 0 Å². The topological polar surface area (TPSA) is 9.72 Å². The molecule has 0 spiro atoms. The Morgan fingerprint density at radius 2 is 1.39 bits per heavy atom. The number of benzene rings is 1. The third-order valence-corrected chi connectivity index (χ3v) is 13.7. The van der Waals surface area contributed by atoms with E-state index < -0.39 is 22.9 Å². The summed E-state index contributed by atoms with van der Waals surface area (Å²) in [6.45, 7) is 21.4. The molecule has 3 aliphatic rings. The summed E-state index contributed by atoms with van der Waals surface area (Å²) < 4.78 is 8.39. The quantitative estimate of drug-likeness (QED) is 0.244. The summed E-state index contributed by atoms with van der Waals surface area (Å²) in [6, 6.07) is 8.16. The van der Waals surface area contributed by atoms with E-state index >= 15 is 0 Å². The molecular formula is C27H44ClGeN3P. The van der Waals surface area contributed by atoms with E-state index in [1.165, 1.54) is 49.2 Å². The number of hydrogen-bond acceptors (Lipinski definition) is 3. The second kappa shape index (κ2) is 10.5. The fourth-order valence-corrected chi connectivity index (χ4v) is 12.7. The van der Waals surface area contributed by atoms with Crippen molar-refractivity contribution in [3.05, 3.63) is 40.3 Å². The number of allylic oxidation sites excluding steroid dienone is 2. The van der Waals surface area contributed by atoms with Crippen molar-refractivity contribution in [2.45, 2.75) is 98.6 Å². The minimum atomic E-state index is -1.12. The molecule has 183 valence electrons. The van der Waals surface area contributed by atoms with Crippen molar-refractivity contribution in [1.82, 2.24) is 9.34 Å². The van der Waals surface area contributed by atoms with E-state index in [1.54, 1.807) is 11.0 Å². The van der Waals surface area contributed by atoms with Gasteiger partial charge in [0.25, 0.3) is 0 Å². The number of para-hydroxylation sites is 1. The van der Waals surface area contributed by atoms with Crippen LogP contribution in [-0.4, -0.2) is 49.2 Å². The van der Waals surface area contributed by atoms with Crippen LogP contribution in [0, 0.1) is 11.8 Å². The van der Waals surface area contributed by atoms with Gasteiger partial charge >= 0.3 is 216 Å². The van der Waals surface area contributed by atoms with Gasteiger partial charge < -0.3 is 0 Å². The van der Waals surface area contributed by atoms with E-state index in [9.17, 15) is 0 Å². The summed E-state index contributed by atoms with van der Waals surface area (Å²) in [6.07, 6.45) is 4.08. The van der Waals surface area contributed by atoms with E-state index in [1.807, 2.05) is 0 Å². The molecule has 2 unspecified atom stereocenters. The zero-order valence-electron chi connectivity index (χ0n) is 22.0. The minimum absolute atomic E-state index is 0.414. The van der Waals surface area contributed by atoms with Gasteiger partial charge in [-0.2, -0.15) is 0 Å². The summed E-state index contributed by atoms with van der Waals surface area (Å²) in [5, 5.41) is 1.80. The Morgan fingerprint density at radius 1 is 0.879 bits per heavy atom. The van der Waals surface area contributed by atoms with Gasteiger partial charge in [-0.15, -0.1) is 0 Å². The Labute approximate surface area is 215 Å². The van der Waals surface area contributed by atoms with Gasteiger partial charge in [0.05, 0.1) is 0 Å². The number of hydrogen-bond donors (Lipinski definition) is 0. The molecule has 1 heterocycles. The fraction of sp³-hybridized carbons (Fsp3) is 0.704. The van der Waals surface area contributed by atoms with Crippen molar-refractivity contribution >= 4 is 38.6 Å². The Balaban J connectivity index is 1.92. The van der Waals surface area contributed by atoms with Crippen LogP contribution in [0.1, 0.15) is 97.6 Å². The second-order valence-electron chi connectivity index (χ2n) is 11.3. The van der Waals surface area contributed by atoms with Crippen molar-refractivity contribution in [2.75, 3.05) is 16.9 Å². The van der Waals surface area contributed by atoms with Gasteiger partial charge in [0.15, 0.2) is 0 Å². The summed E-state index contributed by atoms with van der Waals surface area (Å²) >= 11 is -1.12. The van der Waals surface area contributed by atoms with Gasteiger partial charge in [-0.05, 0) is 0 Å². The third kappa shape index (κ3) is 4.71. The van der Waals surface area contributed by atoms with Crippen molar-refractivity contribution in [2.24, 2.45) is 11.8 Å². The third-order valence-electron chi connectivity index (χ3n) is 7.86. The average molecular weight is 550 g/mol. The summed E-state index contributed by atoms with van der Waals surface area (Å²) in [5.41, 5.74) is 6.10. The maximum atomic E-state index is 7.07. The van der Waals surface area contributed by atoms with Crippen LogP contribution in [0.15, 0.2) is 29.2 Å². The number of rotatable bonds is 8. The molecule has 2 fully saturated rings. The molecule has 3 nitrogen and oxygen atoms in total. The van der Waals surface area contributed by atoms with Gasteiger partial charge in [0, 0.05) is 0 Å². The second-order valence-corrected chi connectivity index (χ2v) is 15.9. The van der Waals surface area contributed by atoms with Gasteiger partial charge in [0.1, 0.15) is 0 Å². The maximum absolute atomic E-state index is 7.07. The first-order chi connectivity index (χ1) is 15.7. The first-order valence-corrected chi connectivity index (χ1v) is 18.6. The molecule has 33 heavy (non-hydrogen) atoms. The molecule has 1 saturated carbocycles. The van der Waals surface area contributed by atoms with Crippen LogP contribution >= 0.6 is 18.2 Å². The Morgan fingerprint density at radius 3 is 1.85 bits per heavy atom. The summed E-state index contributed by atoms with van der Waals surface area (Å²) in [4.78, 5) is 0. The van der Waals surface area contributed by atoms with Crippen molar-refractivity contribution in [3.8, 4) is 0 Å². The van der Waals surface area contributed by atoms with Gasteiger partial charge in [-0.25, -0.2) is 0 Å². The molecular weight excluding hydrogens is 505 g/mol. The molecule has 2 aliphatic carbocycles. The predicted molar refractivity (Wildman–Crippen MR) is 149 cm³/mol. The first-order valence-electron chi connectivity index (χ1n) is 13.1. The first kappa shape index (κ1) is 26.0. The van der Waals surface area contributed by atoms with E-state index in [-0.39, 0.29) is 0 Å². The van der Waals surface area contributed by atoms with E-state index in [4.69, 9.17) is 10.0 Å². The van der Waals surface area contributed by atoms with Gasteiger partial charge in [-0.3, -0.25) is 0 Å². The number of nitrogens with zero attached hydrogens (tertiary/aromatic N) is 3. The van der Waals surface area contributed by atoms with Crippen LogP contribution in [0.25, 0.3) is 0 Å². The fourth-order valence-electron chi connectivity index (χ4n) is 6.27. The molecule has 1 saturated heterocycles. The molecule has 1 aliphatic heterocycles. The summed E-state index contributed by atoms with van der Waals surface area (Å²) in [5.74, 6) is 2.46. The standard InChI is InChI=1S/C27H44ClGeN3P/c1-17(2)23-10-9-11-24(18(3)4)26(23)32(29-28)25-21-12-13-22(16-21)27(25)33-30(19(5)6)14-15-31(33)20(7)8/h9-11,17-22,29H,12-16H2,1-8H3. The predicted octanol–water partition coefficient (Wildman–Crippen LogP) is 7.63.